The predicted octanol–water partition coefficient (Wildman–Crippen LogP) is 4.95. The van der Waals surface area contributed by atoms with Crippen LogP contribution in [0.5, 0.6) is 0 Å². The quantitative estimate of drug-likeness (QED) is 0.540. The SMILES string of the molecule is Cc1ccc(CNC(=O)c2oc3c(c2C)/C(=N/NC(=O)c2cccc(Cl)c2)CCC3)cc1. The number of aryl methyl sites for hydroxylation is 2. The Labute approximate surface area is 191 Å². The minimum Gasteiger partial charge on any atom is -0.455 e. The molecule has 0 atom stereocenters. The number of benzene rings is 2. The summed E-state index contributed by atoms with van der Waals surface area (Å²) < 4.78 is 5.92. The first-order valence-electron chi connectivity index (χ1n) is 10.5. The van der Waals surface area contributed by atoms with Crippen molar-refractivity contribution in [2.75, 3.05) is 0 Å². The van der Waals surface area contributed by atoms with Crippen molar-refractivity contribution >= 4 is 29.1 Å². The molecule has 7 heteroatoms. The van der Waals surface area contributed by atoms with E-state index in [1.807, 2.05) is 38.1 Å². The summed E-state index contributed by atoms with van der Waals surface area (Å²) in [4.78, 5) is 25.2. The van der Waals surface area contributed by atoms with Crippen molar-refractivity contribution in [1.82, 2.24) is 10.7 Å². The molecule has 4 rings (SSSR count). The van der Waals surface area contributed by atoms with Gasteiger partial charge in [-0.25, -0.2) is 5.43 Å². The fraction of sp³-hybridized carbons (Fsp3) is 0.240. The van der Waals surface area contributed by atoms with E-state index in [1.165, 1.54) is 5.56 Å². The summed E-state index contributed by atoms with van der Waals surface area (Å²) in [7, 11) is 0. The third-order valence-electron chi connectivity index (χ3n) is 5.48. The predicted molar refractivity (Wildman–Crippen MR) is 124 cm³/mol. The highest BCUT2D eigenvalue weighted by molar-refractivity contribution is 6.31. The van der Waals surface area contributed by atoms with Crippen LogP contribution in [0.3, 0.4) is 0 Å². The number of amides is 2. The molecule has 2 N–H and O–H groups in total. The third-order valence-corrected chi connectivity index (χ3v) is 5.72. The molecule has 1 aromatic heterocycles. The Morgan fingerprint density at radius 3 is 2.59 bits per heavy atom. The van der Waals surface area contributed by atoms with Gasteiger partial charge in [0.25, 0.3) is 11.8 Å². The highest BCUT2D eigenvalue weighted by Gasteiger charge is 2.28. The normalized spacial score (nSPS) is 14.2. The summed E-state index contributed by atoms with van der Waals surface area (Å²) in [5.41, 5.74) is 7.47. The molecule has 1 heterocycles. The average Bonchev–Trinajstić information content (AvgIpc) is 3.14. The van der Waals surface area contributed by atoms with E-state index in [9.17, 15) is 9.59 Å². The molecule has 0 saturated heterocycles. The summed E-state index contributed by atoms with van der Waals surface area (Å²) in [6, 6.07) is 14.7. The Morgan fingerprint density at radius 1 is 1.06 bits per heavy atom. The molecular formula is C25H24ClN3O3. The average molecular weight is 450 g/mol. The number of fused-ring (bicyclic) bond motifs is 1. The molecule has 2 amide bonds. The summed E-state index contributed by atoms with van der Waals surface area (Å²) in [6.07, 6.45) is 2.24. The summed E-state index contributed by atoms with van der Waals surface area (Å²) in [6.45, 7) is 4.29. The first-order chi connectivity index (χ1) is 15.4. The van der Waals surface area contributed by atoms with Crippen molar-refractivity contribution in [3.8, 4) is 0 Å². The first kappa shape index (κ1) is 21.8. The molecule has 1 aliphatic rings. The first-order valence-corrected chi connectivity index (χ1v) is 10.9. The van der Waals surface area contributed by atoms with Crippen LogP contribution in [-0.4, -0.2) is 17.5 Å². The minimum atomic E-state index is -0.343. The number of nitrogens with zero attached hydrogens (tertiary/aromatic N) is 1. The second-order valence-electron chi connectivity index (χ2n) is 7.89. The number of hydrogen-bond donors (Lipinski definition) is 2. The zero-order chi connectivity index (χ0) is 22.7. The van der Waals surface area contributed by atoms with E-state index in [0.717, 1.165) is 35.3 Å². The van der Waals surface area contributed by atoms with Gasteiger partial charge < -0.3 is 9.73 Å². The van der Waals surface area contributed by atoms with Crippen LogP contribution in [0.2, 0.25) is 5.02 Å². The van der Waals surface area contributed by atoms with Crippen LogP contribution in [0.1, 0.15) is 61.8 Å². The Morgan fingerprint density at radius 2 is 1.84 bits per heavy atom. The largest absolute Gasteiger partial charge is 0.455 e. The molecule has 0 bridgehead atoms. The smallest absolute Gasteiger partial charge is 0.287 e. The van der Waals surface area contributed by atoms with Gasteiger partial charge in [-0.1, -0.05) is 47.5 Å². The number of nitrogens with one attached hydrogen (secondary N) is 2. The fourth-order valence-electron chi connectivity index (χ4n) is 3.78. The van der Waals surface area contributed by atoms with Gasteiger partial charge in [-0.15, -0.1) is 0 Å². The Bertz CT molecular complexity index is 1200. The molecule has 0 spiro atoms. The van der Waals surface area contributed by atoms with Crippen molar-refractivity contribution in [3.05, 3.63) is 92.9 Å². The van der Waals surface area contributed by atoms with Crippen LogP contribution < -0.4 is 10.7 Å². The lowest BCUT2D eigenvalue weighted by Crippen LogP contribution is -2.23. The number of hydrazone groups is 1. The van der Waals surface area contributed by atoms with Crippen LogP contribution in [0.4, 0.5) is 0 Å². The molecule has 1 aliphatic carbocycles. The number of furan rings is 1. The number of halogens is 1. The molecule has 0 aliphatic heterocycles. The van der Waals surface area contributed by atoms with Crippen molar-refractivity contribution < 1.29 is 14.0 Å². The van der Waals surface area contributed by atoms with Gasteiger partial charge in [-0.05, 0) is 50.5 Å². The van der Waals surface area contributed by atoms with Gasteiger partial charge in [0.05, 0.1) is 5.71 Å². The van der Waals surface area contributed by atoms with Gasteiger partial charge in [0, 0.05) is 34.7 Å². The van der Waals surface area contributed by atoms with Gasteiger partial charge in [0.2, 0.25) is 0 Å². The van der Waals surface area contributed by atoms with E-state index < -0.39 is 0 Å². The van der Waals surface area contributed by atoms with E-state index >= 15 is 0 Å². The highest BCUT2D eigenvalue weighted by atomic mass is 35.5. The van der Waals surface area contributed by atoms with Crippen LogP contribution >= 0.6 is 11.6 Å². The van der Waals surface area contributed by atoms with E-state index in [1.54, 1.807) is 24.3 Å². The zero-order valence-corrected chi connectivity index (χ0v) is 18.8. The molecule has 164 valence electrons. The number of rotatable bonds is 5. The fourth-order valence-corrected chi connectivity index (χ4v) is 3.97. The molecular weight excluding hydrogens is 426 g/mol. The highest BCUT2D eigenvalue weighted by Crippen LogP contribution is 2.30. The van der Waals surface area contributed by atoms with Crippen LogP contribution in [0.15, 0.2) is 58.0 Å². The van der Waals surface area contributed by atoms with Gasteiger partial charge in [0.1, 0.15) is 5.76 Å². The second-order valence-corrected chi connectivity index (χ2v) is 8.32. The maximum Gasteiger partial charge on any atom is 0.287 e. The van der Waals surface area contributed by atoms with E-state index in [-0.39, 0.29) is 17.6 Å². The van der Waals surface area contributed by atoms with E-state index in [2.05, 4.69) is 15.8 Å². The van der Waals surface area contributed by atoms with Crippen molar-refractivity contribution in [3.63, 3.8) is 0 Å². The number of carbonyl (C=O) groups is 2. The second kappa shape index (κ2) is 9.40. The third kappa shape index (κ3) is 4.75. The Hall–Kier alpha value is -3.38. The van der Waals surface area contributed by atoms with Crippen LogP contribution in [0.25, 0.3) is 0 Å². The lowest BCUT2D eigenvalue weighted by atomic mass is 9.93. The molecule has 2 aromatic carbocycles. The summed E-state index contributed by atoms with van der Waals surface area (Å²) >= 11 is 5.96. The standard InChI is InChI=1S/C25H24ClN3O3/c1-15-9-11-17(12-10-15)14-27-25(31)23-16(2)22-20(7-4-8-21(22)32-23)28-29-24(30)18-5-3-6-19(26)13-18/h3,5-6,9-13H,4,7-8,14H2,1-2H3,(H,27,31)(H,29,30)/b28-20+. The van der Waals surface area contributed by atoms with Crippen molar-refractivity contribution in [2.45, 2.75) is 39.7 Å². The van der Waals surface area contributed by atoms with Crippen molar-refractivity contribution in [2.24, 2.45) is 5.10 Å². The van der Waals surface area contributed by atoms with Gasteiger partial charge >= 0.3 is 0 Å². The van der Waals surface area contributed by atoms with Crippen LogP contribution in [-0.2, 0) is 13.0 Å². The van der Waals surface area contributed by atoms with Gasteiger partial charge in [-0.3, -0.25) is 9.59 Å². The van der Waals surface area contributed by atoms with Crippen molar-refractivity contribution in [1.29, 1.82) is 0 Å². The number of carbonyl (C=O) groups excluding carboxylic acids is 2. The lowest BCUT2D eigenvalue weighted by molar-refractivity contribution is 0.0919. The maximum absolute atomic E-state index is 12.8. The molecule has 3 aromatic rings. The zero-order valence-electron chi connectivity index (χ0n) is 18.0. The number of hydrogen-bond acceptors (Lipinski definition) is 4. The van der Waals surface area contributed by atoms with Gasteiger partial charge in [0.15, 0.2) is 5.76 Å². The molecule has 0 radical (unpaired) electrons. The molecule has 0 fully saturated rings. The summed E-state index contributed by atoms with van der Waals surface area (Å²) in [5, 5.41) is 7.75. The molecule has 32 heavy (non-hydrogen) atoms. The topological polar surface area (TPSA) is 83.7 Å². The molecule has 0 unspecified atom stereocenters. The lowest BCUT2D eigenvalue weighted by Gasteiger charge is -2.13. The Kier molecular flexibility index (Phi) is 6.42. The Balaban J connectivity index is 1.50. The van der Waals surface area contributed by atoms with Gasteiger partial charge in [-0.2, -0.15) is 5.10 Å². The molecule has 6 nitrogen and oxygen atoms in total. The van der Waals surface area contributed by atoms with Crippen LogP contribution in [0, 0.1) is 13.8 Å². The van der Waals surface area contributed by atoms with E-state index in [0.29, 0.717) is 29.3 Å². The van der Waals surface area contributed by atoms with E-state index in [4.69, 9.17) is 16.0 Å². The maximum atomic E-state index is 12.8. The monoisotopic (exact) mass is 449 g/mol. The minimum absolute atomic E-state index is 0.264. The summed E-state index contributed by atoms with van der Waals surface area (Å²) in [5.74, 6) is 0.409. The molecule has 0 saturated carbocycles.